The summed E-state index contributed by atoms with van der Waals surface area (Å²) in [5, 5.41) is 14.3. The number of nitro groups is 1. The zero-order valence-electron chi connectivity index (χ0n) is 12.5. The van der Waals surface area contributed by atoms with Gasteiger partial charge in [-0.1, -0.05) is 33.3 Å². The Balaban J connectivity index is 2.79. The Kier molecular flexibility index (Phi) is 7.01. The summed E-state index contributed by atoms with van der Waals surface area (Å²) in [5.74, 6) is 0.752. The quantitative estimate of drug-likeness (QED) is 0.427. The first kappa shape index (κ1) is 16.4. The van der Waals surface area contributed by atoms with Crippen molar-refractivity contribution in [3.63, 3.8) is 0 Å². The predicted octanol–water partition coefficient (Wildman–Crippen LogP) is 3.52. The first-order valence-corrected chi connectivity index (χ1v) is 7.19. The topological polar surface area (TPSA) is 64.4 Å². The number of nitrogens with zero attached hydrogens (tertiary/aromatic N) is 1. The lowest BCUT2D eigenvalue weighted by atomic mass is 10.1. The molecule has 0 fully saturated rings. The maximum absolute atomic E-state index is 11.0. The van der Waals surface area contributed by atoms with Gasteiger partial charge in [-0.05, 0) is 30.5 Å². The van der Waals surface area contributed by atoms with Crippen LogP contribution in [0.25, 0.3) is 0 Å². The minimum Gasteiger partial charge on any atom is -0.487 e. The molecule has 1 rings (SSSR count). The Morgan fingerprint density at radius 2 is 2.15 bits per heavy atom. The number of benzene rings is 1. The van der Waals surface area contributed by atoms with Crippen LogP contribution < -0.4 is 10.1 Å². The van der Waals surface area contributed by atoms with Gasteiger partial charge >= 0.3 is 5.69 Å². The van der Waals surface area contributed by atoms with Gasteiger partial charge in [-0.3, -0.25) is 10.1 Å². The van der Waals surface area contributed by atoms with Crippen molar-refractivity contribution in [1.29, 1.82) is 0 Å². The Morgan fingerprint density at radius 3 is 2.75 bits per heavy atom. The van der Waals surface area contributed by atoms with Crippen molar-refractivity contribution in [1.82, 2.24) is 5.32 Å². The largest absolute Gasteiger partial charge is 0.487 e. The summed E-state index contributed by atoms with van der Waals surface area (Å²) in [6, 6.07) is 5.06. The summed E-state index contributed by atoms with van der Waals surface area (Å²) in [7, 11) is 0. The minimum absolute atomic E-state index is 0.0348. The maximum Gasteiger partial charge on any atom is 0.310 e. The van der Waals surface area contributed by atoms with E-state index in [0.717, 1.165) is 24.9 Å². The van der Waals surface area contributed by atoms with Crippen LogP contribution in [0.1, 0.15) is 39.2 Å². The highest BCUT2D eigenvalue weighted by molar-refractivity contribution is 5.48. The average Bonchev–Trinajstić information content (AvgIpc) is 2.44. The third-order valence-corrected chi connectivity index (χ3v) is 3.20. The first-order chi connectivity index (χ1) is 9.58. The molecular formula is C15H24N2O3. The van der Waals surface area contributed by atoms with Crippen molar-refractivity contribution in [2.24, 2.45) is 5.92 Å². The highest BCUT2D eigenvalue weighted by Gasteiger charge is 2.16. The van der Waals surface area contributed by atoms with Crippen molar-refractivity contribution >= 4 is 5.69 Å². The number of hydrogen-bond donors (Lipinski definition) is 1. The Labute approximate surface area is 120 Å². The molecule has 0 spiro atoms. The molecule has 0 radical (unpaired) electrons. The van der Waals surface area contributed by atoms with E-state index in [1.807, 2.05) is 0 Å². The molecule has 5 nitrogen and oxygen atoms in total. The van der Waals surface area contributed by atoms with Gasteiger partial charge in [0.15, 0.2) is 5.75 Å². The van der Waals surface area contributed by atoms with Gasteiger partial charge in [-0.2, -0.15) is 0 Å². The highest BCUT2D eigenvalue weighted by Crippen LogP contribution is 2.28. The monoisotopic (exact) mass is 280 g/mol. The normalized spacial score (nSPS) is 12.2. The van der Waals surface area contributed by atoms with Gasteiger partial charge in [0.05, 0.1) is 11.5 Å². The molecule has 0 heterocycles. The van der Waals surface area contributed by atoms with Gasteiger partial charge in [0, 0.05) is 12.6 Å². The Bertz CT molecular complexity index is 435. The van der Waals surface area contributed by atoms with E-state index in [1.165, 1.54) is 6.07 Å². The van der Waals surface area contributed by atoms with Crippen molar-refractivity contribution in [2.75, 3.05) is 13.2 Å². The number of nitro benzene ring substituents is 1. The third kappa shape index (κ3) is 5.17. The molecule has 1 N–H and O–H groups in total. The Morgan fingerprint density at radius 1 is 1.40 bits per heavy atom. The van der Waals surface area contributed by atoms with E-state index < -0.39 is 4.92 Å². The average molecular weight is 280 g/mol. The van der Waals surface area contributed by atoms with Crippen LogP contribution in [0.4, 0.5) is 5.69 Å². The van der Waals surface area contributed by atoms with Crippen LogP contribution in [-0.4, -0.2) is 18.1 Å². The van der Waals surface area contributed by atoms with Crippen LogP contribution in [0, 0.1) is 16.0 Å². The van der Waals surface area contributed by atoms with Crippen molar-refractivity contribution < 1.29 is 9.66 Å². The van der Waals surface area contributed by atoms with Crippen LogP contribution in [0.5, 0.6) is 5.75 Å². The molecule has 5 heteroatoms. The second-order valence-electron chi connectivity index (χ2n) is 5.06. The van der Waals surface area contributed by atoms with E-state index in [1.54, 1.807) is 12.1 Å². The van der Waals surface area contributed by atoms with E-state index in [9.17, 15) is 10.1 Å². The third-order valence-electron chi connectivity index (χ3n) is 3.20. The van der Waals surface area contributed by atoms with Crippen molar-refractivity contribution in [3.8, 4) is 5.75 Å². The summed E-state index contributed by atoms with van der Waals surface area (Å²) in [6.45, 7) is 8.38. The maximum atomic E-state index is 11.0. The van der Waals surface area contributed by atoms with Gasteiger partial charge < -0.3 is 10.1 Å². The van der Waals surface area contributed by atoms with Gasteiger partial charge in [-0.15, -0.1) is 0 Å². The minimum atomic E-state index is -0.394. The fraction of sp³-hybridized carbons (Fsp3) is 0.600. The lowest BCUT2D eigenvalue weighted by molar-refractivity contribution is -0.385. The van der Waals surface area contributed by atoms with Gasteiger partial charge in [0.25, 0.3) is 0 Å². The molecule has 1 unspecified atom stereocenters. The summed E-state index contributed by atoms with van der Waals surface area (Å²) < 4.78 is 5.63. The number of rotatable bonds is 9. The second kappa shape index (κ2) is 8.53. The van der Waals surface area contributed by atoms with E-state index in [-0.39, 0.29) is 5.69 Å². The number of hydrogen-bond acceptors (Lipinski definition) is 4. The first-order valence-electron chi connectivity index (χ1n) is 7.19. The fourth-order valence-corrected chi connectivity index (χ4v) is 1.69. The molecule has 0 amide bonds. The molecule has 0 saturated carbocycles. The van der Waals surface area contributed by atoms with E-state index in [2.05, 4.69) is 26.1 Å². The summed E-state index contributed by atoms with van der Waals surface area (Å²) in [4.78, 5) is 10.6. The molecule has 112 valence electrons. The molecule has 0 aliphatic rings. The second-order valence-corrected chi connectivity index (χ2v) is 5.06. The molecule has 0 bridgehead atoms. The van der Waals surface area contributed by atoms with E-state index in [4.69, 9.17) is 4.74 Å². The smallest absolute Gasteiger partial charge is 0.310 e. The lowest BCUT2D eigenvalue weighted by Gasteiger charge is -2.12. The van der Waals surface area contributed by atoms with E-state index in [0.29, 0.717) is 24.8 Å². The molecular weight excluding hydrogens is 256 g/mol. The molecule has 0 aliphatic heterocycles. The summed E-state index contributed by atoms with van der Waals surface area (Å²) in [5.41, 5.74) is 1.04. The number of ether oxygens (including phenoxy) is 1. The molecule has 1 aromatic rings. The van der Waals surface area contributed by atoms with Gasteiger partial charge in [0.2, 0.25) is 0 Å². The molecule has 0 aliphatic carbocycles. The van der Waals surface area contributed by atoms with Crippen LogP contribution in [0.2, 0.25) is 0 Å². The van der Waals surface area contributed by atoms with Gasteiger partial charge in [-0.25, -0.2) is 0 Å². The zero-order valence-corrected chi connectivity index (χ0v) is 12.5. The van der Waals surface area contributed by atoms with Crippen LogP contribution in [-0.2, 0) is 6.54 Å². The predicted molar refractivity (Wildman–Crippen MR) is 80.0 cm³/mol. The summed E-state index contributed by atoms with van der Waals surface area (Å²) >= 11 is 0. The Hall–Kier alpha value is -1.62. The molecule has 0 saturated heterocycles. The van der Waals surface area contributed by atoms with Gasteiger partial charge in [0.1, 0.15) is 0 Å². The van der Waals surface area contributed by atoms with Crippen LogP contribution in [0.3, 0.4) is 0 Å². The molecule has 20 heavy (non-hydrogen) atoms. The van der Waals surface area contributed by atoms with Crippen LogP contribution in [0.15, 0.2) is 18.2 Å². The molecule has 1 aromatic carbocycles. The number of nitrogens with one attached hydrogen (secondary N) is 1. The van der Waals surface area contributed by atoms with Crippen molar-refractivity contribution in [3.05, 3.63) is 33.9 Å². The van der Waals surface area contributed by atoms with E-state index >= 15 is 0 Å². The SMILES string of the molecule is CCCNCc1ccc([N+](=O)[O-])c(OCC(C)CC)c1. The van der Waals surface area contributed by atoms with Crippen molar-refractivity contribution in [2.45, 2.75) is 40.2 Å². The van der Waals surface area contributed by atoms with Crippen LogP contribution >= 0.6 is 0 Å². The molecule has 0 aromatic heterocycles. The summed E-state index contributed by atoms with van der Waals surface area (Å²) in [6.07, 6.45) is 2.05. The highest BCUT2D eigenvalue weighted by atomic mass is 16.6. The lowest BCUT2D eigenvalue weighted by Crippen LogP contribution is -2.14. The zero-order chi connectivity index (χ0) is 15.0. The molecule has 1 atom stereocenters. The standard InChI is InChI=1S/C15H24N2O3/c1-4-8-16-10-13-6-7-14(17(18)19)15(9-13)20-11-12(3)5-2/h6-7,9,12,16H,4-5,8,10-11H2,1-3H3. The fourth-order valence-electron chi connectivity index (χ4n) is 1.69.